The molecule has 1 N–H and O–H groups in total. The minimum Gasteiger partial charge on any atom is -0.493 e. The monoisotopic (exact) mass is 398 g/mol. The van der Waals surface area contributed by atoms with E-state index in [1.807, 2.05) is 43.4 Å². The van der Waals surface area contributed by atoms with Crippen LogP contribution in [0, 0.1) is 0 Å². The second kappa shape index (κ2) is 10.9. The average molecular weight is 399 g/mol. The van der Waals surface area contributed by atoms with Crippen molar-refractivity contribution in [3.05, 3.63) is 59.1 Å². The number of carbonyl (C=O) groups is 1. The van der Waals surface area contributed by atoms with Gasteiger partial charge in [-0.25, -0.2) is 4.79 Å². The molecule has 142 valence electrons. The minimum absolute atomic E-state index is 0. The molecule has 0 bridgehead atoms. The molecule has 0 saturated heterocycles. The molecule has 2 aromatic carbocycles. The van der Waals surface area contributed by atoms with Gasteiger partial charge in [-0.1, -0.05) is 29.8 Å². The molecule has 1 unspecified atom stereocenters. The Labute approximate surface area is 165 Å². The summed E-state index contributed by atoms with van der Waals surface area (Å²) in [6.07, 6.45) is 0.358. The maximum atomic E-state index is 11.7. The van der Waals surface area contributed by atoms with Crippen molar-refractivity contribution in [1.82, 2.24) is 10.2 Å². The van der Waals surface area contributed by atoms with Crippen LogP contribution in [0.3, 0.4) is 0 Å². The Kier molecular flexibility index (Phi) is 9.27. The summed E-state index contributed by atoms with van der Waals surface area (Å²) in [6, 6.07) is 14.9. The lowest BCUT2D eigenvalue weighted by atomic mass is 10.0. The molecule has 0 saturated carbocycles. The van der Waals surface area contributed by atoms with Crippen molar-refractivity contribution in [2.24, 2.45) is 0 Å². The van der Waals surface area contributed by atoms with Gasteiger partial charge in [0.15, 0.2) is 0 Å². The molecule has 2 rings (SSSR count). The fourth-order valence-corrected chi connectivity index (χ4v) is 2.50. The first-order valence-corrected chi connectivity index (χ1v) is 8.42. The summed E-state index contributed by atoms with van der Waals surface area (Å²) in [4.78, 5) is 13.1. The second-order valence-corrected chi connectivity index (χ2v) is 6.21. The smallest absolute Gasteiger partial charge is 0.414 e. The Hall–Kier alpha value is -1.95. The number of amides is 1. The first kappa shape index (κ1) is 22.1. The third-order valence-electron chi connectivity index (χ3n) is 3.65. The summed E-state index contributed by atoms with van der Waals surface area (Å²) in [6.45, 7) is 0.535. The van der Waals surface area contributed by atoms with Crippen molar-refractivity contribution in [2.45, 2.75) is 12.5 Å². The number of nitrogens with zero attached hydrogens (tertiary/aromatic N) is 1. The molecule has 0 fully saturated rings. The van der Waals surface area contributed by atoms with Gasteiger partial charge in [0.1, 0.15) is 11.5 Å². The molecule has 0 heterocycles. The predicted molar refractivity (Wildman–Crippen MR) is 107 cm³/mol. The molecular weight excluding hydrogens is 375 g/mol. The van der Waals surface area contributed by atoms with E-state index in [1.54, 1.807) is 26.2 Å². The van der Waals surface area contributed by atoms with Gasteiger partial charge in [0.2, 0.25) is 0 Å². The number of benzene rings is 2. The van der Waals surface area contributed by atoms with Crippen LogP contribution in [0.4, 0.5) is 4.79 Å². The molecule has 5 nitrogen and oxygen atoms in total. The molecule has 0 aliphatic rings. The van der Waals surface area contributed by atoms with E-state index in [9.17, 15) is 4.79 Å². The van der Waals surface area contributed by atoms with Gasteiger partial charge >= 0.3 is 6.09 Å². The first-order chi connectivity index (χ1) is 12.0. The highest BCUT2D eigenvalue weighted by Crippen LogP contribution is 2.23. The van der Waals surface area contributed by atoms with Crippen molar-refractivity contribution < 1.29 is 14.3 Å². The Bertz CT molecular complexity index is 711. The number of nitrogens with one attached hydrogen (secondary N) is 1. The topological polar surface area (TPSA) is 50.8 Å². The fourth-order valence-electron chi connectivity index (χ4n) is 2.32. The van der Waals surface area contributed by atoms with Crippen LogP contribution < -0.4 is 14.8 Å². The lowest BCUT2D eigenvalue weighted by Gasteiger charge is -2.18. The number of halogens is 2. The standard InChI is InChI=1S/C19H23ClN2O3.ClH/c1-21-18(10-11-24-16-8-5-7-15(20)13-16)14-6-4-9-17(12-14)25-19(23)22(2)3;/h4-9,12-13,18,21H,10-11H2,1-3H3;1H. The zero-order valence-electron chi connectivity index (χ0n) is 15.1. The highest BCUT2D eigenvalue weighted by atomic mass is 35.5. The number of rotatable bonds is 7. The van der Waals surface area contributed by atoms with Crippen LogP contribution in [-0.2, 0) is 0 Å². The van der Waals surface area contributed by atoms with E-state index in [0.29, 0.717) is 17.4 Å². The summed E-state index contributed by atoms with van der Waals surface area (Å²) in [7, 11) is 5.19. The number of hydrogen-bond acceptors (Lipinski definition) is 4. The Morgan fingerprint density at radius 2 is 1.85 bits per heavy atom. The van der Waals surface area contributed by atoms with Crippen LogP contribution in [0.1, 0.15) is 18.0 Å². The van der Waals surface area contributed by atoms with Crippen LogP contribution in [0.5, 0.6) is 11.5 Å². The summed E-state index contributed by atoms with van der Waals surface area (Å²) in [5, 5.41) is 3.91. The predicted octanol–water partition coefficient (Wildman–Crippen LogP) is 4.55. The lowest BCUT2D eigenvalue weighted by Crippen LogP contribution is -2.25. The van der Waals surface area contributed by atoms with Crippen molar-refractivity contribution in [3.63, 3.8) is 0 Å². The van der Waals surface area contributed by atoms with E-state index in [0.717, 1.165) is 17.7 Å². The molecule has 0 aliphatic carbocycles. The SMILES string of the molecule is CNC(CCOc1cccc(Cl)c1)c1cccc(OC(=O)N(C)C)c1.Cl. The third kappa shape index (κ3) is 6.75. The van der Waals surface area contributed by atoms with E-state index >= 15 is 0 Å². The van der Waals surface area contributed by atoms with Crippen molar-refractivity contribution in [3.8, 4) is 11.5 Å². The molecule has 0 spiro atoms. The molecule has 1 atom stereocenters. The molecule has 0 radical (unpaired) electrons. The van der Waals surface area contributed by atoms with Crippen LogP contribution in [-0.4, -0.2) is 38.7 Å². The molecule has 26 heavy (non-hydrogen) atoms. The van der Waals surface area contributed by atoms with Gasteiger partial charge in [-0.15, -0.1) is 12.4 Å². The highest BCUT2D eigenvalue weighted by molar-refractivity contribution is 6.30. The zero-order chi connectivity index (χ0) is 18.2. The van der Waals surface area contributed by atoms with Gasteiger partial charge in [-0.3, -0.25) is 0 Å². The van der Waals surface area contributed by atoms with E-state index in [1.165, 1.54) is 4.90 Å². The Morgan fingerprint density at radius 1 is 1.15 bits per heavy atom. The fraction of sp³-hybridized carbons (Fsp3) is 0.316. The normalized spacial score (nSPS) is 11.2. The van der Waals surface area contributed by atoms with Crippen LogP contribution >= 0.6 is 24.0 Å². The van der Waals surface area contributed by atoms with E-state index in [-0.39, 0.29) is 18.4 Å². The summed E-state index contributed by atoms with van der Waals surface area (Å²) in [5.41, 5.74) is 1.03. The summed E-state index contributed by atoms with van der Waals surface area (Å²) in [5.74, 6) is 1.27. The number of carbonyl (C=O) groups excluding carboxylic acids is 1. The largest absolute Gasteiger partial charge is 0.493 e. The molecule has 0 aliphatic heterocycles. The van der Waals surface area contributed by atoms with Gasteiger partial charge in [0, 0.05) is 31.6 Å². The van der Waals surface area contributed by atoms with E-state index in [2.05, 4.69) is 5.32 Å². The van der Waals surface area contributed by atoms with E-state index < -0.39 is 6.09 Å². The van der Waals surface area contributed by atoms with Crippen molar-refractivity contribution >= 4 is 30.1 Å². The lowest BCUT2D eigenvalue weighted by molar-refractivity contribution is 0.172. The van der Waals surface area contributed by atoms with Crippen molar-refractivity contribution in [1.29, 1.82) is 0 Å². The van der Waals surface area contributed by atoms with Gasteiger partial charge in [-0.05, 0) is 42.9 Å². The third-order valence-corrected chi connectivity index (χ3v) is 3.89. The van der Waals surface area contributed by atoms with Gasteiger partial charge in [0.05, 0.1) is 6.61 Å². The number of hydrogen-bond donors (Lipinski definition) is 1. The molecule has 7 heteroatoms. The highest BCUT2D eigenvalue weighted by Gasteiger charge is 2.12. The molecule has 1 amide bonds. The van der Waals surface area contributed by atoms with Crippen LogP contribution in [0.2, 0.25) is 5.02 Å². The maximum Gasteiger partial charge on any atom is 0.414 e. The first-order valence-electron chi connectivity index (χ1n) is 8.04. The van der Waals surface area contributed by atoms with E-state index in [4.69, 9.17) is 21.1 Å². The Balaban J connectivity index is 0.00000338. The number of ether oxygens (including phenoxy) is 2. The van der Waals surface area contributed by atoms with Crippen molar-refractivity contribution in [2.75, 3.05) is 27.7 Å². The minimum atomic E-state index is -0.401. The Morgan fingerprint density at radius 3 is 2.50 bits per heavy atom. The molecule has 0 aromatic heterocycles. The molecule has 2 aromatic rings. The quantitative estimate of drug-likeness (QED) is 0.742. The van der Waals surface area contributed by atoms with Crippen LogP contribution in [0.25, 0.3) is 0 Å². The van der Waals surface area contributed by atoms with Gasteiger partial charge in [0.25, 0.3) is 0 Å². The maximum absolute atomic E-state index is 11.7. The van der Waals surface area contributed by atoms with Gasteiger partial charge in [-0.2, -0.15) is 0 Å². The summed E-state index contributed by atoms with van der Waals surface area (Å²) < 4.78 is 11.1. The molecular formula is C19H24Cl2N2O3. The second-order valence-electron chi connectivity index (χ2n) is 5.77. The summed E-state index contributed by atoms with van der Waals surface area (Å²) >= 11 is 5.95. The van der Waals surface area contributed by atoms with Gasteiger partial charge < -0.3 is 19.7 Å². The average Bonchev–Trinajstić information content (AvgIpc) is 2.59. The van der Waals surface area contributed by atoms with Crippen LogP contribution in [0.15, 0.2) is 48.5 Å². The zero-order valence-corrected chi connectivity index (χ0v) is 16.6.